The molecule has 0 radical (unpaired) electrons. The highest BCUT2D eigenvalue weighted by Gasteiger charge is 2.25. The molecule has 0 atom stereocenters. The van der Waals surface area contributed by atoms with Gasteiger partial charge in [0.15, 0.2) is 0 Å². The van der Waals surface area contributed by atoms with Crippen LogP contribution in [0.1, 0.15) is 18.2 Å². The van der Waals surface area contributed by atoms with E-state index >= 15 is 0 Å². The van der Waals surface area contributed by atoms with Crippen LogP contribution in [-0.4, -0.2) is 24.1 Å². The Morgan fingerprint density at radius 3 is 2.68 bits per heavy atom. The van der Waals surface area contributed by atoms with Crippen LogP contribution >= 0.6 is 0 Å². The molecule has 25 heavy (non-hydrogen) atoms. The fraction of sp³-hybridized carbons (Fsp3) is 0.190. The summed E-state index contributed by atoms with van der Waals surface area (Å²) in [5.74, 6) is -0.293. The van der Waals surface area contributed by atoms with Crippen molar-refractivity contribution in [3.63, 3.8) is 0 Å². The maximum Gasteiger partial charge on any atom is 0.341 e. The van der Waals surface area contributed by atoms with Gasteiger partial charge in [-0.2, -0.15) is 0 Å². The Kier molecular flexibility index (Phi) is 4.02. The van der Waals surface area contributed by atoms with Crippen LogP contribution in [-0.2, 0) is 16.0 Å². The Morgan fingerprint density at radius 1 is 1.12 bits per heavy atom. The van der Waals surface area contributed by atoms with Crippen LogP contribution in [0.25, 0.3) is 16.5 Å². The summed E-state index contributed by atoms with van der Waals surface area (Å²) >= 11 is 0. The number of para-hydroxylation sites is 2. The van der Waals surface area contributed by atoms with Gasteiger partial charge in [0.1, 0.15) is 0 Å². The van der Waals surface area contributed by atoms with Crippen LogP contribution < -0.4 is 4.90 Å². The fourth-order valence-electron chi connectivity index (χ4n) is 3.39. The number of benzene rings is 2. The molecule has 3 aromatic rings. The van der Waals surface area contributed by atoms with Crippen LogP contribution in [0.2, 0.25) is 0 Å². The van der Waals surface area contributed by atoms with Crippen molar-refractivity contribution < 1.29 is 9.53 Å². The molecule has 126 valence electrons. The Labute approximate surface area is 146 Å². The Bertz CT molecular complexity index is 941. The number of nitrogens with zero attached hydrogens (tertiary/aromatic N) is 1. The molecule has 2 heterocycles. The van der Waals surface area contributed by atoms with Gasteiger partial charge in [-0.05, 0) is 37.1 Å². The quantitative estimate of drug-likeness (QED) is 0.733. The summed E-state index contributed by atoms with van der Waals surface area (Å²) in [6.45, 7) is 3.00. The number of nitrogens with one attached hydrogen (secondary N) is 1. The summed E-state index contributed by atoms with van der Waals surface area (Å²) in [7, 11) is 0. The number of H-pyrrole nitrogens is 1. The van der Waals surface area contributed by atoms with Gasteiger partial charge in [-0.25, -0.2) is 4.79 Å². The first kappa shape index (κ1) is 15.5. The molecular formula is C21H20N2O2. The molecular weight excluding hydrogens is 312 g/mol. The summed E-state index contributed by atoms with van der Waals surface area (Å²) in [6, 6.07) is 18.3. The molecule has 1 N–H and O–H groups in total. The number of aromatic nitrogens is 1. The van der Waals surface area contributed by atoms with Gasteiger partial charge in [0.25, 0.3) is 0 Å². The van der Waals surface area contributed by atoms with E-state index in [1.165, 1.54) is 10.9 Å². The normalized spacial score (nSPS) is 14.0. The third kappa shape index (κ3) is 2.80. The van der Waals surface area contributed by atoms with E-state index in [1.807, 2.05) is 49.5 Å². The minimum Gasteiger partial charge on any atom is -0.462 e. The summed E-state index contributed by atoms with van der Waals surface area (Å²) in [5.41, 5.74) is 4.75. The van der Waals surface area contributed by atoms with E-state index in [9.17, 15) is 4.79 Å². The molecule has 4 rings (SSSR count). The number of rotatable bonds is 3. The Balaban J connectivity index is 1.86. The molecule has 0 aliphatic carbocycles. The minimum absolute atomic E-state index is 0.293. The number of hydrogen-bond donors (Lipinski definition) is 1. The molecule has 0 amide bonds. The van der Waals surface area contributed by atoms with E-state index in [0.717, 1.165) is 29.9 Å². The van der Waals surface area contributed by atoms with Gasteiger partial charge in [-0.1, -0.05) is 36.4 Å². The van der Waals surface area contributed by atoms with Crippen molar-refractivity contribution in [2.24, 2.45) is 0 Å². The predicted molar refractivity (Wildman–Crippen MR) is 100 cm³/mol. The number of ether oxygens (including phenoxy) is 1. The van der Waals surface area contributed by atoms with Gasteiger partial charge >= 0.3 is 5.97 Å². The van der Waals surface area contributed by atoms with Gasteiger partial charge in [0.05, 0.1) is 17.9 Å². The van der Waals surface area contributed by atoms with Gasteiger partial charge in [0, 0.05) is 29.3 Å². The number of esters is 1. The highest BCUT2D eigenvalue weighted by molar-refractivity contribution is 6.18. The summed E-state index contributed by atoms with van der Waals surface area (Å²) in [6.07, 6.45) is 2.77. The van der Waals surface area contributed by atoms with E-state index in [4.69, 9.17) is 4.74 Å². The van der Waals surface area contributed by atoms with Crippen molar-refractivity contribution >= 4 is 28.1 Å². The Morgan fingerprint density at radius 2 is 1.88 bits per heavy atom. The van der Waals surface area contributed by atoms with E-state index in [-0.39, 0.29) is 5.97 Å². The molecule has 4 nitrogen and oxygen atoms in total. The summed E-state index contributed by atoms with van der Waals surface area (Å²) < 4.78 is 5.32. The van der Waals surface area contributed by atoms with E-state index in [1.54, 1.807) is 0 Å². The van der Waals surface area contributed by atoms with Crippen LogP contribution in [0.5, 0.6) is 0 Å². The second-order valence-electron chi connectivity index (χ2n) is 6.07. The van der Waals surface area contributed by atoms with Crippen molar-refractivity contribution in [1.29, 1.82) is 0 Å². The first-order chi connectivity index (χ1) is 12.3. The lowest BCUT2D eigenvalue weighted by molar-refractivity contribution is -0.136. The second-order valence-corrected chi connectivity index (χ2v) is 6.07. The van der Waals surface area contributed by atoms with E-state index in [0.29, 0.717) is 12.2 Å². The second kappa shape index (κ2) is 6.48. The summed E-state index contributed by atoms with van der Waals surface area (Å²) in [5, 5.41) is 1.17. The molecule has 4 heteroatoms. The van der Waals surface area contributed by atoms with E-state index < -0.39 is 0 Å². The van der Waals surface area contributed by atoms with E-state index in [2.05, 4.69) is 28.1 Å². The third-order valence-electron chi connectivity index (χ3n) is 4.55. The molecule has 1 aliphatic heterocycles. The SMILES string of the molecule is CCOC(=O)C1=CN(c2ccccc2)CCc2c1[nH]c1ccccc21. The number of carbonyl (C=O) groups excluding carboxylic acids is 1. The smallest absolute Gasteiger partial charge is 0.341 e. The maximum atomic E-state index is 12.6. The van der Waals surface area contributed by atoms with Crippen molar-refractivity contribution in [2.45, 2.75) is 13.3 Å². The van der Waals surface area contributed by atoms with Gasteiger partial charge < -0.3 is 14.6 Å². The molecule has 0 bridgehead atoms. The number of hydrogen-bond acceptors (Lipinski definition) is 3. The average Bonchev–Trinajstić information content (AvgIpc) is 2.90. The van der Waals surface area contributed by atoms with Crippen LogP contribution in [0.4, 0.5) is 5.69 Å². The van der Waals surface area contributed by atoms with Crippen LogP contribution in [0.3, 0.4) is 0 Å². The first-order valence-corrected chi connectivity index (χ1v) is 8.58. The first-order valence-electron chi connectivity index (χ1n) is 8.58. The molecule has 1 aromatic heterocycles. The number of aromatic amines is 1. The molecule has 2 aromatic carbocycles. The maximum absolute atomic E-state index is 12.6. The highest BCUT2D eigenvalue weighted by Crippen LogP contribution is 2.32. The Hall–Kier alpha value is -3.01. The minimum atomic E-state index is -0.293. The lowest BCUT2D eigenvalue weighted by Gasteiger charge is -2.19. The summed E-state index contributed by atoms with van der Waals surface area (Å²) in [4.78, 5) is 18.2. The molecule has 0 saturated carbocycles. The third-order valence-corrected chi connectivity index (χ3v) is 4.55. The van der Waals surface area contributed by atoms with Crippen molar-refractivity contribution in [1.82, 2.24) is 4.98 Å². The monoisotopic (exact) mass is 332 g/mol. The van der Waals surface area contributed by atoms with Crippen molar-refractivity contribution in [3.8, 4) is 0 Å². The van der Waals surface area contributed by atoms with Gasteiger partial charge in [0.2, 0.25) is 0 Å². The van der Waals surface area contributed by atoms with Crippen LogP contribution in [0, 0.1) is 0 Å². The van der Waals surface area contributed by atoms with Gasteiger partial charge in [-0.3, -0.25) is 0 Å². The zero-order valence-corrected chi connectivity index (χ0v) is 14.2. The molecule has 0 unspecified atom stereocenters. The number of carbonyl (C=O) groups is 1. The zero-order chi connectivity index (χ0) is 17.2. The topological polar surface area (TPSA) is 45.3 Å². The van der Waals surface area contributed by atoms with Crippen molar-refractivity contribution in [2.75, 3.05) is 18.1 Å². The molecule has 0 fully saturated rings. The largest absolute Gasteiger partial charge is 0.462 e. The van der Waals surface area contributed by atoms with Crippen molar-refractivity contribution in [3.05, 3.63) is 72.1 Å². The lowest BCUT2D eigenvalue weighted by Crippen LogP contribution is -2.19. The highest BCUT2D eigenvalue weighted by atomic mass is 16.5. The standard InChI is InChI=1S/C21H20N2O2/c1-2-25-21(24)18-14-23(15-8-4-3-5-9-15)13-12-17-16-10-6-7-11-19(16)22-20(17)18/h3-11,14,22H,2,12-13H2,1H3. The van der Waals surface area contributed by atoms with Crippen LogP contribution in [0.15, 0.2) is 60.8 Å². The number of anilines is 1. The number of fused-ring (bicyclic) bond motifs is 3. The molecule has 0 spiro atoms. The molecule has 0 saturated heterocycles. The van der Waals surface area contributed by atoms with Gasteiger partial charge in [-0.15, -0.1) is 0 Å². The lowest BCUT2D eigenvalue weighted by atomic mass is 10.0. The predicted octanol–water partition coefficient (Wildman–Crippen LogP) is 4.13. The fourth-order valence-corrected chi connectivity index (χ4v) is 3.39. The average molecular weight is 332 g/mol. The molecule has 1 aliphatic rings. The zero-order valence-electron chi connectivity index (χ0n) is 14.2.